The maximum Gasteiger partial charge on any atom is 0.267 e. The van der Waals surface area contributed by atoms with E-state index in [-0.39, 0.29) is 18.0 Å². The lowest BCUT2D eigenvalue weighted by molar-refractivity contribution is -0.117. The summed E-state index contributed by atoms with van der Waals surface area (Å²) in [4.78, 5) is 23.2. The summed E-state index contributed by atoms with van der Waals surface area (Å²) < 4.78 is 1.12. The summed E-state index contributed by atoms with van der Waals surface area (Å²) in [5.74, 6) is -0.274. The number of nitrogens with one attached hydrogen (secondary N) is 1. The molecule has 0 saturated carbocycles. The van der Waals surface area contributed by atoms with Gasteiger partial charge in [-0.05, 0) is 43.2 Å². The Morgan fingerprint density at radius 1 is 1.26 bits per heavy atom. The molecule has 1 N–H and O–H groups in total. The molecule has 0 aliphatic carbocycles. The molecular weight excluding hydrogens is 242 g/mol. The first-order valence-electron chi connectivity index (χ1n) is 5.95. The molecule has 1 aromatic carbocycles. The number of hydrogen-bond acceptors (Lipinski definition) is 3. The van der Waals surface area contributed by atoms with Crippen LogP contribution >= 0.6 is 0 Å². The van der Waals surface area contributed by atoms with Crippen molar-refractivity contribution in [1.29, 1.82) is 0 Å². The molecule has 5 heteroatoms. The Hall–Kier alpha value is -2.43. The van der Waals surface area contributed by atoms with Crippen molar-refractivity contribution in [2.24, 2.45) is 0 Å². The molecule has 1 aromatic heterocycles. The quantitative estimate of drug-likeness (QED) is 0.906. The summed E-state index contributed by atoms with van der Waals surface area (Å²) >= 11 is 0. The van der Waals surface area contributed by atoms with Crippen molar-refractivity contribution in [1.82, 2.24) is 9.78 Å². The van der Waals surface area contributed by atoms with Crippen LogP contribution in [-0.4, -0.2) is 15.7 Å². The SMILES string of the molecule is Cc1ccc(NC(=O)Cn2ncccc2=O)cc1C. The number of benzene rings is 1. The molecule has 0 fully saturated rings. The van der Waals surface area contributed by atoms with Gasteiger partial charge >= 0.3 is 0 Å². The van der Waals surface area contributed by atoms with Gasteiger partial charge in [-0.1, -0.05) is 6.07 Å². The van der Waals surface area contributed by atoms with Crippen LogP contribution in [0.4, 0.5) is 5.69 Å². The van der Waals surface area contributed by atoms with E-state index in [1.807, 2.05) is 32.0 Å². The van der Waals surface area contributed by atoms with Crippen LogP contribution in [0.5, 0.6) is 0 Å². The summed E-state index contributed by atoms with van der Waals surface area (Å²) in [5, 5.41) is 6.58. The molecule has 0 unspecified atom stereocenters. The Labute approximate surface area is 110 Å². The molecule has 2 aromatic rings. The third-order valence-electron chi connectivity index (χ3n) is 2.87. The van der Waals surface area contributed by atoms with Gasteiger partial charge in [0.05, 0.1) is 0 Å². The fourth-order valence-electron chi connectivity index (χ4n) is 1.66. The zero-order chi connectivity index (χ0) is 13.8. The minimum absolute atomic E-state index is 0.0907. The van der Waals surface area contributed by atoms with E-state index in [2.05, 4.69) is 10.4 Å². The van der Waals surface area contributed by atoms with Crippen molar-refractivity contribution in [3.8, 4) is 0 Å². The van der Waals surface area contributed by atoms with Gasteiger partial charge in [0.15, 0.2) is 0 Å². The standard InChI is InChI=1S/C14H15N3O2/c1-10-5-6-12(8-11(10)2)16-13(18)9-17-14(19)4-3-7-15-17/h3-8H,9H2,1-2H3,(H,16,18). The number of amides is 1. The van der Waals surface area contributed by atoms with E-state index in [0.717, 1.165) is 15.9 Å². The molecule has 0 aliphatic heterocycles. The largest absolute Gasteiger partial charge is 0.324 e. The third-order valence-corrected chi connectivity index (χ3v) is 2.87. The molecule has 5 nitrogen and oxygen atoms in total. The minimum atomic E-state index is -0.294. The molecule has 19 heavy (non-hydrogen) atoms. The number of rotatable bonds is 3. The van der Waals surface area contributed by atoms with Crippen molar-refractivity contribution < 1.29 is 4.79 Å². The summed E-state index contributed by atoms with van der Waals surface area (Å²) in [6, 6.07) is 8.59. The average molecular weight is 257 g/mol. The smallest absolute Gasteiger partial charge is 0.267 e. The fourth-order valence-corrected chi connectivity index (χ4v) is 1.66. The summed E-state index contributed by atoms with van der Waals surface area (Å²) in [6.45, 7) is 3.90. The predicted octanol–water partition coefficient (Wildman–Crippen LogP) is 1.50. The van der Waals surface area contributed by atoms with Crippen molar-refractivity contribution in [3.63, 3.8) is 0 Å². The van der Waals surface area contributed by atoms with Crippen LogP contribution in [0.2, 0.25) is 0 Å². The number of nitrogens with zero attached hydrogens (tertiary/aromatic N) is 2. The first kappa shape index (κ1) is 13.0. The summed E-state index contributed by atoms with van der Waals surface area (Å²) in [5.41, 5.74) is 2.70. The molecule has 1 amide bonds. The van der Waals surface area contributed by atoms with Crippen molar-refractivity contribution in [2.45, 2.75) is 20.4 Å². The molecule has 98 valence electrons. The Morgan fingerprint density at radius 3 is 2.74 bits per heavy atom. The van der Waals surface area contributed by atoms with Crippen LogP contribution < -0.4 is 10.9 Å². The Kier molecular flexibility index (Phi) is 3.75. The monoisotopic (exact) mass is 257 g/mol. The van der Waals surface area contributed by atoms with Crippen molar-refractivity contribution in [3.05, 3.63) is 58.0 Å². The third kappa shape index (κ3) is 3.28. The fraction of sp³-hybridized carbons (Fsp3) is 0.214. The Morgan fingerprint density at radius 2 is 2.05 bits per heavy atom. The maximum atomic E-state index is 11.8. The Balaban J connectivity index is 2.08. The second kappa shape index (κ2) is 5.48. The van der Waals surface area contributed by atoms with E-state index in [1.54, 1.807) is 6.07 Å². The zero-order valence-electron chi connectivity index (χ0n) is 10.9. The van der Waals surface area contributed by atoms with Gasteiger partial charge in [0.25, 0.3) is 5.56 Å². The molecule has 0 radical (unpaired) electrons. The van der Waals surface area contributed by atoms with E-state index >= 15 is 0 Å². The number of carbonyl (C=O) groups excluding carboxylic acids is 1. The van der Waals surface area contributed by atoms with Crippen LogP contribution in [0.3, 0.4) is 0 Å². The van der Waals surface area contributed by atoms with Gasteiger partial charge in [-0.3, -0.25) is 9.59 Å². The van der Waals surface area contributed by atoms with Gasteiger partial charge in [-0.15, -0.1) is 0 Å². The molecule has 2 rings (SSSR count). The second-order valence-corrected chi connectivity index (χ2v) is 4.37. The maximum absolute atomic E-state index is 11.8. The summed E-state index contributed by atoms with van der Waals surface area (Å²) in [6.07, 6.45) is 1.48. The number of aryl methyl sites for hydroxylation is 2. The van der Waals surface area contributed by atoms with Crippen molar-refractivity contribution in [2.75, 3.05) is 5.32 Å². The van der Waals surface area contributed by atoms with E-state index in [0.29, 0.717) is 0 Å². The van der Waals surface area contributed by atoms with Crippen LogP contribution in [0.1, 0.15) is 11.1 Å². The minimum Gasteiger partial charge on any atom is -0.324 e. The average Bonchev–Trinajstić information content (AvgIpc) is 2.37. The van der Waals surface area contributed by atoms with Gasteiger partial charge in [0, 0.05) is 18.0 Å². The van der Waals surface area contributed by atoms with Crippen LogP contribution in [0, 0.1) is 13.8 Å². The number of hydrogen-bond donors (Lipinski definition) is 1. The molecule has 0 spiro atoms. The number of carbonyl (C=O) groups is 1. The van der Waals surface area contributed by atoms with Crippen LogP contribution in [-0.2, 0) is 11.3 Å². The number of aromatic nitrogens is 2. The lowest BCUT2D eigenvalue weighted by Crippen LogP contribution is -2.28. The zero-order valence-corrected chi connectivity index (χ0v) is 10.9. The van der Waals surface area contributed by atoms with Gasteiger partial charge in [-0.25, -0.2) is 4.68 Å². The van der Waals surface area contributed by atoms with Gasteiger partial charge in [0.2, 0.25) is 5.91 Å². The molecule has 0 bridgehead atoms. The lowest BCUT2D eigenvalue weighted by Gasteiger charge is -2.08. The highest BCUT2D eigenvalue weighted by Crippen LogP contribution is 2.13. The van der Waals surface area contributed by atoms with E-state index in [1.165, 1.54) is 17.8 Å². The highest BCUT2D eigenvalue weighted by atomic mass is 16.2. The molecule has 1 heterocycles. The second-order valence-electron chi connectivity index (χ2n) is 4.37. The first-order valence-corrected chi connectivity index (χ1v) is 5.95. The van der Waals surface area contributed by atoms with Crippen LogP contribution in [0.25, 0.3) is 0 Å². The normalized spacial score (nSPS) is 10.2. The van der Waals surface area contributed by atoms with Crippen LogP contribution in [0.15, 0.2) is 41.3 Å². The number of anilines is 1. The summed E-state index contributed by atoms with van der Waals surface area (Å²) in [7, 11) is 0. The molecule has 0 aliphatic rings. The highest BCUT2D eigenvalue weighted by Gasteiger charge is 2.06. The molecule has 0 saturated heterocycles. The van der Waals surface area contributed by atoms with Gasteiger partial charge < -0.3 is 5.32 Å². The van der Waals surface area contributed by atoms with E-state index in [4.69, 9.17) is 0 Å². The topological polar surface area (TPSA) is 64.0 Å². The predicted molar refractivity (Wildman–Crippen MR) is 73.0 cm³/mol. The van der Waals surface area contributed by atoms with E-state index in [9.17, 15) is 9.59 Å². The molecular formula is C14H15N3O2. The Bertz CT molecular complexity index is 662. The van der Waals surface area contributed by atoms with Crippen molar-refractivity contribution >= 4 is 11.6 Å². The van der Waals surface area contributed by atoms with Gasteiger partial charge in [-0.2, -0.15) is 5.10 Å². The lowest BCUT2D eigenvalue weighted by atomic mass is 10.1. The highest BCUT2D eigenvalue weighted by molar-refractivity contribution is 5.90. The first-order chi connectivity index (χ1) is 9.06. The van der Waals surface area contributed by atoms with E-state index < -0.39 is 0 Å². The van der Waals surface area contributed by atoms with Gasteiger partial charge in [0.1, 0.15) is 6.54 Å². The molecule has 0 atom stereocenters.